The van der Waals surface area contributed by atoms with E-state index in [2.05, 4.69) is 15.0 Å². The van der Waals surface area contributed by atoms with Crippen LogP contribution in [0.3, 0.4) is 0 Å². The van der Waals surface area contributed by atoms with Crippen molar-refractivity contribution in [3.8, 4) is 0 Å². The molecule has 0 aliphatic carbocycles. The maximum absolute atomic E-state index is 9.05. The molecule has 1 aromatic rings. The molecular formula is C11H19N3O3. The first-order chi connectivity index (χ1) is 8.19. The highest BCUT2D eigenvalue weighted by molar-refractivity contribution is 4.91. The van der Waals surface area contributed by atoms with Crippen LogP contribution in [0.15, 0.2) is 4.52 Å². The number of aliphatic hydroxyl groups excluding tert-OH is 1. The summed E-state index contributed by atoms with van der Waals surface area (Å²) in [5.74, 6) is 1.63. The molecule has 0 aromatic carbocycles. The third-order valence-corrected chi connectivity index (χ3v) is 2.77. The van der Waals surface area contributed by atoms with Crippen LogP contribution in [0.4, 0.5) is 0 Å². The molecule has 1 saturated heterocycles. The fraction of sp³-hybridized carbons (Fsp3) is 0.818. The molecule has 0 saturated carbocycles. The molecule has 1 unspecified atom stereocenters. The average Bonchev–Trinajstić information content (AvgIpc) is 2.78. The van der Waals surface area contributed by atoms with E-state index in [1.54, 1.807) is 0 Å². The second-order valence-electron chi connectivity index (χ2n) is 4.61. The SMILES string of the molecule is CC(C)c1nc(CN2CCOC(CO)C2)no1. The van der Waals surface area contributed by atoms with Gasteiger partial charge in [-0.1, -0.05) is 19.0 Å². The number of nitrogens with zero attached hydrogens (tertiary/aromatic N) is 3. The van der Waals surface area contributed by atoms with Crippen molar-refractivity contribution in [1.82, 2.24) is 15.0 Å². The molecule has 1 aliphatic heterocycles. The van der Waals surface area contributed by atoms with E-state index >= 15 is 0 Å². The average molecular weight is 241 g/mol. The van der Waals surface area contributed by atoms with Crippen molar-refractivity contribution in [3.05, 3.63) is 11.7 Å². The minimum Gasteiger partial charge on any atom is -0.394 e. The molecule has 96 valence electrons. The lowest BCUT2D eigenvalue weighted by molar-refractivity contribution is -0.0558. The minimum absolute atomic E-state index is 0.0555. The van der Waals surface area contributed by atoms with Gasteiger partial charge in [0.25, 0.3) is 0 Å². The van der Waals surface area contributed by atoms with Gasteiger partial charge in [-0.2, -0.15) is 4.98 Å². The molecule has 17 heavy (non-hydrogen) atoms. The molecular weight excluding hydrogens is 222 g/mol. The molecule has 6 nitrogen and oxygen atoms in total. The monoisotopic (exact) mass is 241 g/mol. The van der Waals surface area contributed by atoms with E-state index in [9.17, 15) is 0 Å². The van der Waals surface area contributed by atoms with Crippen LogP contribution in [0.1, 0.15) is 31.5 Å². The van der Waals surface area contributed by atoms with Crippen LogP contribution in [0.25, 0.3) is 0 Å². The maximum atomic E-state index is 9.05. The van der Waals surface area contributed by atoms with Gasteiger partial charge in [0.1, 0.15) is 0 Å². The van der Waals surface area contributed by atoms with Gasteiger partial charge in [0.2, 0.25) is 5.89 Å². The fourth-order valence-corrected chi connectivity index (χ4v) is 1.80. The number of rotatable bonds is 4. The van der Waals surface area contributed by atoms with Gasteiger partial charge in [0.15, 0.2) is 5.82 Å². The topological polar surface area (TPSA) is 71.6 Å². The second kappa shape index (κ2) is 5.57. The van der Waals surface area contributed by atoms with Crippen molar-refractivity contribution in [2.24, 2.45) is 0 Å². The molecule has 2 heterocycles. The second-order valence-corrected chi connectivity index (χ2v) is 4.61. The highest BCUT2D eigenvalue weighted by Gasteiger charge is 2.21. The first kappa shape index (κ1) is 12.5. The van der Waals surface area contributed by atoms with Gasteiger partial charge >= 0.3 is 0 Å². The van der Waals surface area contributed by atoms with E-state index in [1.807, 2.05) is 13.8 Å². The summed E-state index contributed by atoms with van der Waals surface area (Å²) in [6.45, 7) is 6.93. The van der Waals surface area contributed by atoms with Gasteiger partial charge in [-0.25, -0.2) is 0 Å². The van der Waals surface area contributed by atoms with Crippen LogP contribution in [-0.2, 0) is 11.3 Å². The smallest absolute Gasteiger partial charge is 0.229 e. The summed E-state index contributed by atoms with van der Waals surface area (Å²) in [6.07, 6.45) is -0.0970. The van der Waals surface area contributed by atoms with Crippen molar-refractivity contribution < 1.29 is 14.4 Å². The Bertz CT molecular complexity index is 353. The zero-order chi connectivity index (χ0) is 12.3. The Morgan fingerprint density at radius 1 is 1.53 bits per heavy atom. The summed E-state index contributed by atoms with van der Waals surface area (Å²) in [4.78, 5) is 6.50. The predicted molar refractivity (Wildman–Crippen MR) is 60.5 cm³/mol. The van der Waals surface area contributed by atoms with E-state index in [0.29, 0.717) is 31.4 Å². The number of hydrogen-bond donors (Lipinski definition) is 1. The number of aromatic nitrogens is 2. The molecule has 6 heteroatoms. The Morgan fingerprint density at radius 2 is 2.35 bits per heavy atom. The highest BCUT2D eigenvalue weighted by atomic mass is 16.5. The summed E-state index contributed by atoms with van der Waals surface area (Å²) < 4.78 is 10.5. The van der Waals surface area contributed by atoms with Crippen molar-refractivity contribution in [2.45, 2.75) is 32.4 Å². The molecule has 1 atom stereocenters. The summed E-state index contributed by atoms with van der Waals surface area (Å²) in [5.41, 5.74) is 0. The lowest BCUT2D eigenvalue weighted by atomic mass is 10.2. The van der Waals surface area contributed by atoms with Crippen LogP contribution >= 0.6 is 0 Å². The molecule has 1 aromatic heterocycles. The van der Waals surface area contributed by atoms with Crippen LogP contribution in [0.2, 0.25) is 0 Å². The summed E-state index contributed by atoms with van der Waals surface area (Å²) >= 11 is 0. The van der Waals surface area contributed by atoms with E-state index in [-0.39, 0.29) is 18.6 Å². The lowest BCUT2D eigenvalue weighted by Crippen LogP contribution is -2.43. The molecule has 0 bridgehead atoms. The van der Waals surface area contributed by atoms with Gasteiger partial charge in [-0.15, -0.1) is 0 Å². The summed E-state index contributed by atoms with van der Waals surface area (Å²) in [5, 5.41) is 13.0. The summed E-state index contributed by atoms with van der Waals surface area (Å²) in [7, 11) is 0. The summed E-state index contributed by atoms with van der Waals surface area (Å²) in [6, 6.07) is 0. The van der Waals surface area contributed by atoms with Crippen LogP contribution in [-0.4, -0.2) is 52.6 Å². The Morgan fingerprint density at radius 3 is 3.00 bits per heavy atom. The van der Waals surface area contributed by atoms with Gasteiger partial charge in [-0.05, 0) is 0 Å². The Balaban J connectivity index is 1.91. The molecule has 0 spiro atoms. The van der Waals surface area contributed by atoms with E-state index in [4.69, 9.17) is 14.4 Å². The van der Waals surface area contributed by atoms with E-state index in [1.165, 1.54) is 0 Å². The lowest BCUT2D eigenvalue weighted by Gasteiger charge is -2.30. The van der Waals surface area contributed by atoms with E-state index in [0.717, 1.165) is 6.54 Å². The number of hydrogen-bond acceptors (Lipinski definition) is 6. The van der Waals surface area contributed by atoms with Gasteiger partial charge < -0.3 is 14.4 Å². The van der Waals surface area contributed by atoms with Crippen LogP contribution in [0.5, 0.6) is 0 Å². The van der Waals surface area contributed by atoms with Crippen molar-refractivity contribution >= 4 is 0 Å². The standard InChI is InChI=1S/C11H19N3O3/c1-8(2)11-12-10(13-17-11)6-14-3-4-16-9(5-14)7-15/h8-9,15H,3-7H2,1-2H3. The van der Waals surface area contributed by atoms with Crippen molar-refractivity contribution in [2.75, 3.05) is 26.3 Å². The number of ether oxygens (including phenoxy) is 1. The normalized spacial score (nSPS) is 22.2. The van der Waals surface area contributed by atoms with Crippen molar-refractivity contribution in [1.29, 1.82) is 0 Å². The predicted octanol–water partition coefficient (Wildman–Crippen LogP) is 0.386. The quantitative estimate of drug-likeness (QED) is 0.822. The highest BCUT2D eigenvalue weighted by Crippen LogP contribution is 2.13. The van der Waals surface area contributed by atoms with Crippen molar-refractivity contribution in [3.63, 3.8) is 0 Å². The molecule has 0 radical (unpaired) electrons. The zero-order valence-corrected chi connectivity index (χ0v) is 10.3. The fourth-order valence-electron chi connectivity index (χ4n) is 1.80. The largest absolute Gasteiger partial charge is 0.394 e. The number of morpholine rings is 1. The third-order valence-electron chi connectivity index (χ3n) is 2.77. The van der Waals surface area contributed by atoms with E-state index < -0.39 is 0 Å². The van der Waals surface area contributed by atoms with Crippen LogP contribution in [0, 0.1) is 0 Å². The molecule has 0 amide bonds. The Labute approximate surface area is 101 Å². The maximum Gasteiger partial charge on any atom is 0.229 e. The Kier molecular flexibility index (Phi) is 4.09. The first-order valence-corrected chi connectivity index (χ1v) is 5.96. The van der Waals surface area contributed by atoms with Gasteiger partial charge in [-0.3, -0.25) is 4.90 Å². The molecule has 1 N–H and O–H groups in total. The minimum atomic E-state index is -0.0970. The zero-order valence-electron chi connectivity index (χ0n) is 10.3. The van der Waals surface area contributed by atoms with Gasteiger partial charge in [0, 0.05) is 19.0 Å². The van der Waals surface area contributed by atoms with Gasteiger partial charge in [0.05, 0.1) is 25.9 Å². The molecule has 2 rings (SSSR count). The van der Waals surface area contributed by atoms with Crippen LogP contribution < -0.4 is 0 Å². The number of aliphatic hydroxyl groups is 1. The third kappa shape index (κ3) is 3.24. The molecule has 1 aliphatic rings. The Hall–Kier alpha value is -0.980. The first-order valence-electron chi connectivity index (χ1n) is 5.96. The molecule has 1 fully saturated rings.